The fourth-order valence-electron chi connectivity index (χ4n) is 3.12. The number of aliphatic imine (C=N–C) groups is 1. The smallest absolute Gasteiger partial charge is 0.255 e. The number of dihydropyridines is 1. The summed E-state index contributed by atoms with van der Waals surface area (Å²) >= 11 is 0. The zero-order valence-electron chi connectivity index (χ0n) is 15.0. The van der Waals surface area contributed by atoms with Crippen LogP contribution in [-0.2, 0) is 0 Å². The summed E-state index contributed by atoms with van der Waals surface area (Å²) in [7, 11) is 0. The monoisotopic (exact) mass is 416 g/mol. The Labute approximate surface area is 167 Å². The molecular formula is C20H12F4N4O2. The molecule has 152 valence electrons. The van der Waals surface area contributed by atoms with E-state index in [1.165, 1.54) is 18.3 Å². The number of nitrogens with zero attached hydrogens (tertiary/aromatic N) is 2. The van der Waals surface area contributed by atoms with Gasteiger partial charge in [0.15, 0.2) is 17.5 Å². The summed E-state index contributed by atoms with van der Waals surface area (Å²) in [6, 6.07) is 4.88. The number of ketones is 1. The Hall–Kier alpha value is -3.82. The predicted molar refractivity (Wildman–Crippen MR) is 100 cm³/mol. The van der Waals surface area contributed by atoms with Crippen molar-refractivity contribution in [3.05, 3.63) is 76.9 Å². The first-order valence-electron chi connectivity index (χ1n) is 8.69. The lowest BCUT2D eigenvalue weighted by Crippen LogP contribution is -2.31. The third-order valence-corrected chi connectivity index (χ3v) is 4.58. The Morgan fingerprint density at radius 2 is 1.87 bits per heavy atom. The van der Waals surface area contributed by atoms with E-state index in [0.29, 0.717) is 6.07 Å². The number of rotatable bonds is 4. The fourth-order valence-corrected chi connectivity index (χ4v) is 3.12. The van der Waals surface area contributed by atoms with Crippen LogP contribution in [-0.4, -0.2) is 29.8 Å². The molecule has 2 atom stereocenters. The Balaban J connectivity index is 1.69. The van der Waals surface area contributed by atoms with Crippen LogP contribution in [0.2, 0.25) is 0 Å². The highest BCUT2D eigenvalue weighted by Crippen LogP contribution is 2.28. The van der Waals surface area contributed by atoms with Gasteiger partial charge >= 0.3 is 0 Å². The number of Topliss-reactive ketones (excluding diaryl/α,β-unsaturated/α-hetero) is 1. The van der Waals surface area contributed by atoms with Crippen LogP contribution in [0.25, 0.3) is 0 Å². The van der Waals surface area contributed by atoms with Gasteiger partial charge in [0.1, 0.15) is 23.3 Å². The number of nitrogens with one attached hydrogen (secondary N) is 2. The Morgan fingerprint density at radius 3 is 2.63 bits per heavy atom. The standard InChI is InChI=1S/C20H12F4N4O2/c21-10-4-1-3-9(7-10)20(30)26-13-8-12(22)15(23)14(16(13)24)18(29)17-11-5-2-6-25-19(11)28-27-17/h1-8,11,19,28H,(H,26,30). The van der Waals surface area contributed by atoms with Crippen LogP contribution in [0.15, 0.2) is 52.6 Å². The van der Waals surface area contributed by atoms with E-state index in [4.69, 9.17) is 0 Å². The zero-order valence-corrected chi connectivity index (χ0v) is 15.0. The molecule has 1 amide bonds. The zero-order chi connectivity index (χ0) is 21.4. The van der Waals surface area contributed by atoms with Crippen LogP contribution in [0.5, 0.6) is 0 Å². The average Bonchev–Trinajstić information content (AvgIpc) is 3.16. The van der Waals surface area contributed by atoms with E-state index >= 15 is 0 Å². The van der Waals surface area contributed by atoms with Gasteiger partial charge in [0.25, 0.3) is 5.91 Å². The van der Waals surface area contributed by atoms with Crippen LogP contribution >= 0.6 is 0 Å². The first-order valence-corrected chi connectivity index (χ1v) is 8.69. The van der Waals surface area contributed by atoms with Gasteiger partial charge in [-0.3, -0.25) is 20.0 Å². The van der Waals surface area contributed by atoms with Crippen molar-refractivity contribution in [2.75, 3.05) is 5.32 Å². The number of anilines is 1. The lowest BCUT2D eigenvalue weighted by Gasteiger charge is -2.16. The summed E-state index contributed by atoms with van der Waals surface area (Å²) in [4.78, 5) is 29.1. The van der Waals surface area contributed by atoms with Crippen LogP contribution < -0.4 is 10.7 Å². The highest BCUT2D eigenvalue weighted by atomic mass is 19.2. The summed E-state index contributed by atoms with van der Waals surface area (Å²) in [6.07, 6.45) is 3.97. The van der Waals surface area contributed by atoms with Crippen molar-refractivity contribution in [3.8, 4) is 0 Å². The number of carbonyl (C=O) groups excluding carboxylic acids is 2. The summed E-state index contributed by atoms with van der Waals surface area (Å²) in [5.74, 6) is -8.29. The van der Waals surface area contributed by atoms with Gasteiger partial charge in [-0.05, 0) is 24.3 Å². The molecule has 0 saturated heterocycles. The maximum Gasteiger partial charge on any atom is 0.255 e. The Morgan fingerprint density at radius 1 is 1.07 bits per heavy atom. The van der Waals surface area contributed by atoms with Crippen molar-refractivity contribution < 1.29 is 27.2 Å². The number of benzene rings is 2. The molecule has 2 aromatic carbocycles. The third kappa shape index (κ3) is 3.36. The molecular weight excluding hydrogens is 404 g/mol. The van der Waals surface area contributed by atoms with Crippen LogP contribution in [0.3, 0.4) is 0 Å². The number of carbonyl (C=O) groups is 2. The Bertz CT molecular complexity index is 1160. The number of amides is 1. The minimum atomic E-state index is -1.71. The number of allylic oxidation sites excluding steroid dienone is 1. The lowest BCUT2D eigenvalue weighted by atomic mass is 9.92. The van der Waals surface area contributed by atoms with E-state index in [0.717, 1.165) is 12.1 Å². The van der Waals surface area contributed by atoms with E-state index in [2.05, 4.69) is 15.5 Å². The maximum absolute atomic E-state index is 15.0. The van der Waals surface area contributed by atoms with Crippen LogP contribution in [0, 0.1) is 29.2 Å². The van der Waals surface area contributed by atoms with Gasteiger partial charge in [-0.1, -0.05) is 12.1 Å². The van der Waals surface area contributed by atoms with Crippen molar-refractivity contribution >= 4 is 29.3 Å². The second-order valence-electron chi connectivity index (χ2n) is 6.48. The molecule has 6 nitrogen and oxygen atoms in total. The van der Waals surface area contributed by atoms with Gasteiger partial charge in [-0.25, -0.2) is 17.6 Å². The first kappa shape index (κ1) is 19.5. The fraction of sp³-hybridized carbons (Fsp3) is 0.100. The molecule has 0 saturated carbocycles. The molecule has 2 aromatic rings. The molecule has 0 spiro atoms. The molecule has 0 fully saturated rings. The lowest BCUT2D eigenvalue weighted by molar-refractivity contribution is 0.102. The third-order valence-electron chi connectivity index (χ3n) is 4.58. The van der Waals surface area contributed by atoms with Crippen LogP contribution in [0.4, 0.5) is 23.2 Å². The van der Waals surface area contributed by atoms with Crippen molar-refractivity contribution in [3.63, 3.8) is 0 Å². The number of fused-ring (bicyclic) bond motifs is 1. The second-order valence-corrected chi connectivity index (χ2v) is 6.48. The van der Waals surface area contributed by atoms with E-state index in [9.17, 15) is 27.2 Å². The SMILES string of the molecule is O=C(Nc1cc(F)c(F)c(C(=O)C2=NNC3N=CC=CC23)c1F)c1cccc(F)c1. The van der Waals surface area contributed by atoms with Gasteiger partial charge in [-0.2, -0.15) is 5.10 Å². The summed E-state index contributed by atoms with van der Waals surface area (Å²) in [5.41, 5.74) is 0.161. The quantitative estimate of drug-likeness (QED) is 0.456. The summed E-state index contributed by atoms with van der Waals surface area (Å²) in [6.45, 7) is 0. The van der Waals surface area contributed by atoms with Crippen molar-refractivity contribution in [2.45, 2.75) is 6.17 Å². The molecule has 30 heavy (non-hydrogen) atoms. The number of hydrogen-bond donors (Lipinski definition) is 2. The predicted octanol–water partition coefficient (Wildman–Crippen LogP) is 3.22. The van der Waals surface area contributed by atoms with E-state index in [1.807, 2.05) is 5.32 Å². The normalized spacial score (nSPS) is 19.1. The highest BCUT2D eigenvalue weighted by molar-refractivity contribution is 6.47. The molecule has 0 radical (unpaired) electrons. The summed E-state index contributed by atoms with van der Waals surface area (Å²) < 4.78 is 56.7. The molecule has 0 aromatic heterocycles. The van der Waals surface area contributed by atoms with Crippen molar-refractivity contribution in [1.29, 1.82) is 0 Å². The number of hydrazone groups is 1. The molecule has 2 heterocycles. The second kappa shape index (κ2) is 7.54. The molecule has 2 N–H and O–H groups in total. The van der Waals surface area contributed by atoms with E-state index in [1.54, 1.807) is 12.2 Å². The van der Waals surface area contributed by atoms with E-state index in [-0.39, 0.29) is 11.3 Å². The topological polar surface area (TPSA) is 82.9 Å². The maximum atomic E-state index is 15.0. The van der Waals surface area contributed by atoms with Crippen LogP contribution in [0.1, 0.15) is 20.7 Å². The summed E-state index contributed by atoms with van der Waals surface area (Å²) in [5, 5.41) is 5.82. The molecule has 0 aliphatic carbocycles. The molecule has 10 heteroatoms. The van der Waals surface area contributed by atoms with Crippen molar-refractivity contribution in [2.24, 2.45) is 16.0 Å². The molecule has 2 aliphatic heterocycles. The first-order chi connectivity index (χ1) is 14.4. The van der Waals surface area contributed by atoms with Gasteiger partial charge in [0.05, 0.1) is 11.6 Å². The molecule has 0 bridgehead atoms. The van der Waals surface area contributed by atoms with Gasteiger partial charge < -0.3 is 5.32 Å². The molecule has 2 unspecified atom stereocenters. The number of halogens is 4. The largest absolute Gasteiger partial charge is 0.319 e. The minimum Gasteiger partial charge on any atom is -0.319 e. The molecule has 4 rings (SSSR count). The van der Waals surface area contributed by atoms with E-state index < -0.39 is 58.3 Å². The Kier molecular flexibility index (Phi) is 4.90. The van der Waals surface area contributed by atoms with Gasteiger partial charge in [0.2, 0.25) is 5.78 Å². The number of hydrogen-bond acceptors (Lipinski definition) is 5. The molecule has 2 aliphatic rings. The van der Waals surface area contributed by atoms with Crippen molar-refractivity contribution in [1.82, 2.24) is 5.43 Å². The minimum absolute atomic E-state index is 0.176. The average molecular weight is 416 g/mol. The van der Waals surface area contributed by atoms with Gasteiger partial charge in [-0.15, -0.1) is 0 Å². The highest BCUT2D eigenvalue weighted by Gasteiger charge is 2.38. The van der Waals surface area contributed by atoms with Gasteiger partial charge in [0, 0.05) is 17.8 Å².